The predicted octanol–water partition coefficient (Wildman–Crippen LogP) is 3.19. The average Bonchev–Trinajstić information content (AvgIpc) is 3.48. The number of benzene rings is 2. The van der Waals surface area contributed by atoms with E-state index in [4.69, 9.17) is 4.74 Å². The lowest BCUT2D eigenvalue weighted by Gasteiger charge is -2.32. The third-order valence-electron chi connectivity index (χ3n) is 5.34. The first-order valence-corrected chi connectivity index (χ1v) is 9.49. The van der Waals surface area contributed by atoms with Gasteiger partial charge in [0.1, 0.15) is 12.4 Å². The molecule has 1 saturated heterocycles. The van der Waals surface area contributed by atoms with Crippen LogP contribution in [0.15, 0.2) is 54.6 Å². The molecule has 4 nitrogen and oxygen atoms in total. The maximum atomic E-state index is 12.7. The lowest BCUT2D eigenvalue weighted by molar-refractivity contribution is -0.133. The van der Waals surface area contributed by atoms with Crippen molar-refractivity contribution in [3.8, 4) is 5.75 Å². The van der Waals surface area contributed by atoms with Gasteiger partial charge in [0.15, 0.2) is 0 Å². The molecule has 1 aliphatic heterocycles. The minimum absolute atomic E-state index is 0.163. The molecule has 1 aliphatic carbocycles. The zero-order valence-corrected chi connectivity index (χ0v) is 15.2. The molecule has 2 fully saturated rings. The van der Waals surface area contributed by atoms with Crippen molar-refractivity contribution in [1.29, 1.82) is 0 Å². The number of amides is 1. The van der Waals surface area contributed by atoms with Gasteiger partial charge in [-0.2, -0.15) is 0 Å². The van der Waals surface area contributed by atoms with Crippen molar-refractivity contribution in [2.75, 3.05) is 19.6 Å². The van der Waals surface area contributed by atoms with Crippen LogP contribution in [0.2, 0.25) is 0 Å². The second-order valence-corrected chi connectivity index (χ2v) is 7.43. The Kier molecular flexibility index (Phi) is 4.93. The highest BCUT2D eigenvalue weighted by Gasteiger charge is 2.46. The Morgan fingerprint density at radius 3 is 2.65 bits per heavy atom. The van der Waals surface area contributed by atoms with Crippen LogP contribution in [0.5, 0.6) is 5.75 Å². The van der Waals surface area contributed by atoms with Crippen molar-refractivity contribution in [2.45, 2.75) is 31.9 Å². The van der Waals surface area contributed by atoms with Crippen molar-refractivity contribution in [2.24, 2.45) is 5.92 Å². The largest absolute Gasteiger partial charge is 0.489 e. The summed E-state index contributed by atoms with van der Waals surface area (Å²) in [4.78, 5) is 14.7. The zero-order chi connectivity index (χ0) is 17.9. The van der Waals surface area contributed by atoms with Crippen molar-refractivity contribution in [1.82, 2.24) is 10.2 Å². The van der Waals surface area contributed by atoms with Crippen LogP contribution in [-0.2, 0) is 11.4 Å². The van der Waals surface area contributed by atoms with Crippen LogP contribution in [0.3, 0.4) is 0 Å². The van der Waals surface area contributed by atoms with E-state index in [2.05, 4.69) is 36.5 Å². The fraction of sp³-hybridized carbons (Fsp3) is 0.409. The average molecular weight is 350 g/mol. The van der Waals surface area contributed by atoms with Gasteiger partial charge >= 0.3 is 0 Å². The third kappa shape index (κ3) is 3.91. The second kappa shape index (κ2) is 7.50. The predicted molar refractivity (Wildman–Crippen MR) is 102 cm³/mol. The first-order chi connectivity index (χ1) is 12.7. The number of hydrogen-bond donors (Lipinski definition) is 1. The Balaban J connectivity index is 1.31. The quantitative estimate of drug-likeness (QED) is 0.900. The van der Waals surface area contributed by atoms with Gasteiger partial charge in [-0.05, 0) is 42.5 Å². The van der Waals surface area contributed by atoms with Crippen molar-refractivity contribution in [3.05, 3.63) is 65.7 Å². The molecule has 4 heteroatoms. The molecule has 2 aliphatic rings. The molecule has 0 spiro atoms. The van der Waals surface area contributed by atoms with E-state index in [0.717, 1.165) is 37.4 Å². The summed E-state index contributed by atoms with van der Waals surface area (Å²) in [5, 5.41) is 3.39. The molecule has 3 unspecified atom stereocenters. The number of ether oxygens (including phenoxy) is 1. The lowest BCUT2D eigenvalue weighted by Crippen LogP contribution is -2.51. The summed E-state index contributed by atoms with van der Waals surface area (Å²) < 4.78 is 5.85. The molecule has 0 aromatic heterocycles. The van der Waals surface area contributed by atoms with Crippen LogP contribution < -0.4 is 10.1 Å². The number of nitrogens with one attached hydrogen (secondary N) is 1. The van der Waals surface area contributed by atoms with Gasteiger partial charge < -0.3 is 15.0 Å². The highest BCUT2D eigenvalue weighted by molar-refractivity contribution is 5.83. The number of piperazine rings is 1. The van der Waals surface area contributed by atoms with Gasteiger partial charge in [0, 0.05) is 31.6 Å². The molecule has 2 aromatic rings. The molecule has 136 valence electrons. The Morgan fingerprint density at radius 1 is 1.15 bits per heavy atom. The molecule has 4 rings (SSSR count). The highest BCUT2D eigenvalue weighted by Crippen LogP contribution is 2.48. The van der Waals surface area contributed by atoms with Gasteiger partial charge in [0.2, 0.25) is 5.91 Å². The molecular formula is C22H26N2O2. The van der Waals surface area contributed by atoms with E-state index in [-0.39, 0.29) is 5.92 Å². The Hall–Kier alpha value is -2.33. The molecular weight excluding hydrogens is 324 g/mol. The molecule has 1 amide bonds. The van der Waals surface area contributed by atoms with Crippen LogP contribution in [0.25, 0.3) is 0 Å². The van der Waals surface area contributed by atoms with Crippen molar-refractivity contribution >= 4 is 5.91 Å². The summed E-state index contributed by atoms with van der Waals surface area (Å²) >= 11 is 0. The van der Waals surface area contributed by atoms with Crippen LogP contribution in [0, 0.1) is 5.92 Å². The molecule has 26 heavy (non-hydrogen) atoms. The van der Waals surface area contributed by atoms with Gasteiger partial charge in [-0.15, -0.1) is 0 Å². The smallest absolute Gasteiger partial charge is 0.226 e. The van der Waals surface area contributed by atoms with E-state index in [0.29, 0.717) is 24.5 Å². The van der Waals surface area contributed by atoms with Crippen LogP contribution >= 0.6 is 0 Å². The maximum Gasteiger partial charge on any atom is 0.226 e. The summed E-state index contributed by atoms with van der Waals surface area (Å²) in [6.07, 6.45) is 0.974. The number of rotatable bonds is 5. The van der Waals surface area contributed by atoms with E-state index in [9.17, 15) is 4.79 Å². The van der Waals surface area contributed by atoms with Crippen molar-refractivity contribution in [3.63, 3.8) is 0 Å². The molecule has 1 saturated carbocycles. The second-order valence-electron chi connectivity index (χ2n) is 7.43. The minimum atomic E-state index is 0.163. The van der Waals surface area contributed by atoms with Gasteiger partial charge in [-0.3, -0.25) is 4.79 Å². The van der Waals surface area contributed by atoms with Crippen LogP contribution in [-0.4, -0.2) is 36.5 Å². The Morgan fingerprint density at radius 2 is 1.92 bits per heavy atom. The number of carbonyl (C=O) groups excluding carboxylic acids is 1. The maximum absolute atomic E-state index is 12.7. The van der Waals surface area contributed by atoms with Gasteiger partial charge in [0.05, 0.1) is 0 Å². The normalized spacial score (nSPS) is 25.0. The van der Waals surface area contributed by atoms with Crippen molar-refractivity contribution < 1.29 is 9.53 Å². The Bertz CT molecular complexity index is 744. The molecule has 3 atom stereocenters. The number of nitrogens with zero attached hydrogens (tertiary/aromatic N) is 1. The number of hydrogen-bond acceptors (Lipinski definition) is 3. The Labute approximate surface area is 155 Å². The SMILES string of the molecule is CC1CN(C(=O)C2CC2c2ccc(OCc3ccccc3)cc2)CCN1. The zero-order valence-electron chi connectivity index (χ0n) is 15.2. The molecule has 0 radical (unpaired) electrons. The first-order valence-electron chi connectivity index (χ1n) is 9.49. The van der Waals surface area contributed by atoms with Gasteiger partial charge in [-0.1, -0.05) is 42.5 Å². The van der Waals surface area contributed by atoms with Gasteiger partial charge in [-0.25, -0.2) is 0 Å². The first kappa shape index (κ1) is 17.1. The fourth-order valence-electron chi connectivity index (χ4n) is 3.76. The van der Waals surface area contributed by atoms with Gasteiger partial charge in [0.25, 0.3) is 0 Å². The monoisotopic (exact) mass is 350 g/mol. The fourth-order valence-corrected chi connectivity index (χ4v) is 3.76. The summed E-state index contributed by atoms with van der Waals surface area (Å²) in [5.41, 5.74) is 2.41. The highest BCUT2D eigenvalue weighted by atomic mass is 16.5. The van der Waals surface area contributed by atoms with Crippen LogP contribution in [0.1, 0.15) is 30.4 Å². The van der Waals surface area contributed by atoms with E-state index in [1.807, 2.05) is 35.2 Å². The van der Waals surface area contributed by atoms with E-state index >= 15 is 0 Å². The van der Waals surface area contributed by atoms with E-state index < -0.39 is 0 Å². The lowest BCUT2D eigenvalue weighted by atomic mass is 10.1. The minimum Gasteiger partial charge on any atom is -0.489 e. The summed E-state index contributed by atoms with van der Waals surface area (Å²) in [6, 6.07) is 18.8. The summed E-state index contributed by atoms with van der Waals surface area (Å²) in [5.74, 6) is 1.73. The third-order valence-corrected chi connectivity index (χ3v) is 5.34. The number of carbonyl (C=O) groups is 1. The molecule has 1 N–H and O–H groups in total. The standard InChI is InChI=1S/C22H26N2O2/c1-16-14-24(12-11-23-16)22(25)21-13-20(21)18-7-9-19(10-8-18)26-15-17-5-3-2-4-6-17/h2-10,16,20-21,23H,11-15H2,1H3. The molecule has 1 heterocycles. The molecule has 0 bridgehead atoms. The molecule has 2 aromatic carbocycles. The topological polar surface area (TPSA) is 41.6 Å². The summed E-state index contributed by atoms with van der Waals surface area (Å²) in [6.45, 7) is 5.27. The van der Waals surface area contributed by atoms with E-state index in [1.165, 1.54) is 5.56 Å². The summed E-state index contributed by atoms with van der Waals surface area (Å²) in [7, 11) is 0. The van der Waals surface area contributed by atoms with Crippen LogP contribution in [0.4, 0.5) is 0 Å². The van der Waals surface area contributed by atoms with E-state index in [1.54, 1.807) is 0 Å².